The molecule has 2 heterocycles. The first kappa shape index (κ1) is 17.9. The smallest absolute Gasteiger partial charge is 0.351 e. The highest BCUT2D eigenvalue weighted by molar-refractivity contribution is 5.23. The zero-order valence-corrected chi connectivity index (χ0v) is 14.0. The standard InChI is InChI=1S/C15H25N3O5/c1-5-15(3,4)23-10(2)20-9-13-21-8-12(22-13)18-7-6-11(16)17-14(18)19/h6-7,10,12-13H,5,8-9H2,1-4H3,(H2,16,17,19). The SMILES string of the molecule is CCC(C)(C)OC(C)OCC1OCC(n2ccc(N)nc2=O)O1. The van der Waals surface area contributed by atoms with Crippen molar-refractivity contribution in [2.45, 2.75) is 58.5 Å². The van der Waals surface area contributed by atoms with E-state index in [-0.39, 0.29) is 30.9 Å². The van der Waals surface area contributed by atoms with Gasteiger partial charge >= 0.3 is 5.69 Å². The molecule has 0 aromatic carbocycles. The molecule has 1 aliphatic rings. The highest BCUT2D eigenvalue weighted by Crippen LogP contribution is 2.21. The summed E-state index contributed by atoms with van der Waals surface area (Å²) in [6, 6.07) is 1.54. The molecule has 0 amide bonds. The molecule has 23 heavy (non-hydrogen) atoms. The van der Waals surface area contributed by atoms with E-state index in [1.165, 1.54) is 16.8 Å². The second-order valence-corrected chi connectivity index (χ2v) is 6.03. The molecule has 130 valence electrons. The minimum atomic E-state index is -0.555. The molecule has 1 saturated heterocycles. The summed E-state index contributed by atoms with van der Waals surface area (Å²) in [7, 11) is 0. The van der Waals surface area contributed by atoms with Gasteiger partial charge in [0.15, 0.2) is 18.8 Å². The summed E-state index contributed by atoms with van der Waals surface area (Å²) in [6.45, 7) is 8.36. The van der Waals surface area contributed by atoms with Crippen LogP contribution in [0.5, 0.6) is 0 Å². The Kier molecular flexibility index (Phi) is 5.74. The minimum Gasteiger partial charge on any atom is -0.383 e. The van der Waals surface area contributed by atoms with Crippen LogP contribution < -0.4 is 11.4 Å². The summed E-state index contributed by atoms with van der Waals surface area (Å²) < 4.78 is 23.9. The topological polar surface area (TPSA) is 97.8 Å². The number of nitrogen functional groups attached to an aromatic ring is 1. The Morgan fingerprint density at radius 1 is 1.57 bits per heavy atom. The summed E-state index contributed by atoms with van der Waals surface area (Å²) in [5, 5.41) is 0. The maximum absolute atomic E-state index is 11.8. The number of ether oxygens (including phenoxy) is 4. The van der Waals surface area contributed by atoms with Gasteiger partial charge in [0.05, 0.1) is 12.2 Å². The van der Waals surface area contributed by atoms with Crippen LogP contribution in [0.2, 0.25) is 0 Å². The first-order chi connectivity index (χ1) is 10.8. The van der Waals surface area contributed by atoms with Gasteiger partial charge in [-0.1, -0.05) is 6.92 Å². The van der Waals surface area contributed by atoms with Gasteiger partial charge in [-0.25, -0.2) is 4.79 Å². The normalized spacial score (nSPS) is 23.1. The summed E-state index contributed by atoms with van der Waals surface area (Å²) >= 11 is 0. The third-order valence-corrected chi connectivity index (χ3v) is 3.70. The van der Waals surface area contributed by atoms with Crippen LogP contribution in [0.1, 0.15) is 40.3 Å². The van der Waals surface area contributed by atoms with Crippen LogP contribution in [0.25, 0.3) is 0 Å². The van der Waals surface area contributed by atoms with Crippen LogP contribution >= 0.6 is 0 Å². The molecular weight excluding hydrogens is 302 g/mol. The molecule has 1 aliphatic heterocycles. The molecule has 3 unspecified atom stereocenters. The number of hydrogen-bond donors (Lipinski definition) is 1. The maximum atomic E-state index is 11.8. The highest BCUT2D eigenvalue weighted by Gasteiger charge is 2.29. The molecule has 2 N–H and O–H groups in total. The zero-order valence-electron chi connectivity index (χ0n) is 14.0. The van der Waals surface area contributed by atoms with Crippen LogP contribution in [0, 0.1) is 0 Å². The summed E-state index contributed by atoms with van der Waals surface area (Å²) in [5.74, 6) is 0.176. The number of rotatable bonds is 7. The predicted octanol–water partition coefficient (Wildman–Crippen LogP) is 1.26. The van der Waals surface area contributed by atoms with Crippen molar-refractivity contribution in [3.8, 4) is 0 Å². The maximum Gasteiger partial charge on any atom is 0.351 e. The van der Waals surface area contributed by atoms with E-state index in [9.17, 15) is 4.79 Å². The van der Waals surface area contributed by atoms with Gasteiger partial charge in [0, 0.05) is 6.20 Å². The van der Waals surface area contributed by atoms with Gasteiger partial charge in [0.2, 0.25) is 0 Å². The number of nitrogens with zero attached hydrogens (tertiary/aromatic N) is 2. The van der Waals surface area contributed by atoms with Crippen LogP contribution in [-0.4, -0.2) is 40.9 Å². The summed E-state index contributed by atoms with van der Waals surface area (Å²) in [6.07, 6.45) is 0.953. The minimum absolute atomic E-state index is 0.176. The van der Waals surface area contributed by atoms with E-state index in [1.807, 2.05) is 20.8 Å². The molecule has 1 aromatic rings. The highest BCUT2D eigenvalue weighted by atomic mass is 16.8. The zero-order chi connectivity index (χ0) is 17.0. The molecule has 8 nitrogen and oxygen atoms in total. The Bertz CT molecular complexity index is 574. The summed E-state index contributed by atoms with van der Waals surface area (Å²) in [5.41, 5.74) is 4.75. The van der Waals surface area contributed by atoms with E-state index in [2.05, 4.69) is 11.9 Å². The molecule has 0 spiro atoms. The van der Waals surface area contributed by atoms with Gasteiger partial charge in [0.1, 0.15) is 12.4 Å². The fourth-order valence-electron chi connectivity index (χ4n) is 2.10. The largest absolute Gasteiger partial charge is 0.383 e. The Morgan fingerprint density at radius 2 is 2.30 bits per heavy atom. The average molecular weight is 327 g/mol. The Hall–Kier alpha value is -1.48. The first-order valence-corrected chi connectivity index (χ1v) is 7.72. The van der Waals surface area contributed by atoms with Crippen molar-refractivity contribution < 1.29 is 18.9 Å². The van der Waals surface area contributed by atoms with E-state index in [4.69, 9.17) is 24.7 Å². The van der Waals surface area contributed by atoms with Crippen LogP contribution in [-0.2, 0) is 18.9 Å². The number of nitrogens with two attached hydrogens (primary N) is 1. The van der Waals surface area contributed by atoms with Crippen LogP contribution in [0.15, 0.2) is 17.1 Å². The van der Waals surface area contributed by atoms with Crippen LogP contribution in [0.4, 0.5) is 5.82 Å². The van der Waals surface area contributed by atoms with E-state index < -0.39 is 18.2 Å². The lowest BCUT2D eigenvalue weighted by atomic mass is 10.1. The second-order valence-electron chi connectivity index (χ2n) is 6.03. The average Bonchev–Trinajstić information content (AvgIpc) is 2.93. The van der Waals surface area contributed by atoms with Crippen molar-refractivity contribution in [3.63, 3.8) is 0 Å². The van der Waals surface area contributed by atoms with Gasteiger partial charge < -0.3 is 24.7 Å². The lowest BCUT2D eigenvalue weighted by molar-refractivity contribution is -0.221. The van der Waals surface area contributed by atoms with E-state index in [1.54, 1.807) is 0 Å². The fraction of sp³-hybridized carbons (Fsp3) is 0.733. The second kappa shape index (κ2) is 7.39. The van der Waals surface area contributed by atoms with Crippen molar-refractivity contribution >= 4 is 5.82 Å². The molecule has 0 bridgehead atoms. The van der Waals surface area contributed by atoms with Gasteiger partial charge in [-0.05, 0) is 33.3 Å². The van der Waals surface area contributed by atoms with Crippen LogP contribution in [0.3, 0.4) is 0 Å². The lowest BCUT2D eigenvalue weighted by Crippen LogP contribution is -2.32. The Balaban J connectivity index is 1.83. The van der Waals surface area contributed by atoms with Crippen molar-refractivity contribution in [1.82, 2.24) is 9.55 Å². The van der Waals surface area contributed by atoms with Crippen molar-refractivity contribution in [2.75, 3.05) is 18.9 Å². The molecule has 3 atom stereocenters. The van der Waals surface area contributed by atoms with Gasteiger partial charge in [-0.15, -0.1) is 0 Å². The molecule has 2 rings (SSSR count). The molecule has 0 radical (unpaired) electrons. The third kappa shape index (κ3) is 5.00. The monoisotopic (exact) mass is 327 g/mol. The van der Waals surface area contributed by atoms with E-state index >= 15 is 0 Å². The van der Waals surface area contributed by atoms with E-state index in [0.717, 1.165) is 6.42 Å². The Morgan fingerprint density at radius 3 is 2.96 bits per heavy atom. The van der Waals surface area contributed by atoms with Gasteiger partial charge in [-0.3, -0.25) is 4.57 Å². The molecule has 0 aliphatic carbocycles. The van der Waals surface area contributed by atoms with Crippen molar-refractivity contribution in [1.29, 1.82) is 0 Å². The lowest BCUT2D eigenvalue weighted by Gasteiger charge is -2.28. The number of hydrogen-bond acceptors (Lipinski definition) is 7. The van der Waals surface area contributed by atoms with Crippen molar-refractivity contribution in [2.24, 2.45) is 0 Å². The molecule has 8 heteroatoms. The number of anilines is 1. The van der Waals surface area contributed by atoms with Gasteiger partial charge in [-0.2, -0.15) is 4.98 Å². The molecule has 1 aromatic heterocycles. The molecule has 1 fully saturated rings. The van der Waals surface area contributed by atoms with Crippen molar-refractivity contribution in [3.05, 3.63) is 22.7 Å². The fourth-order valence-corrected chi connectivity index (χ4v) is 2.10. The predicted molar refractivity (Wildman–Crippen MR) is 83.6 cm³/mol. The Labute approximate surface area is 135 Å². The quantitative estimate of drug-likeness (QED) is 0.753. The first-order valence-electron chi connectivity index (χ1n) is 7.72. The third-order valence-electron chi connectivity index (χ3n) is 3.70. The van der Waals surface area contributed by atoms with Gasteiger partial charge in [0.25, 0.3) is 0 Å². The number of aromatic nitrogens is 2. The van der Waals surface area contributed by atoms with E-state index in [0.29, 0.717) is 0 Å². The molecule has 0 saturated carbocycles. The summed E-state index contributed by atoms with van der Waals surface area (Å²) in [4.78, 5) is 15.4. The molecular formula is C15H25N3O5.